The molecular weight excluding hydrogens is 523 g/mol. The zero-order chi connectivity index (χ0) is 26.6. The van der Waals surface area contributed by atoms with E-state index >= 15 is 0 Å². The molecule has 2 saturated heterocycles. The molecule has 2 fully saturated rings. The second-order valence-electron chi connectivity index (χ2n) is 9.96. The Bertz CT molecular complexity index is 1210. The number of carbonyl (C=O) groups excluding carboxylic acids is 1. The second-order valence-corrected chi connectivity index (χ2v) is 10.8. The van der Waals surface area contributed by atoms with Crippen molar-refractivity contribution in [3.63, 3.8) is 0 Å². The topological polar surface area (TPSA) is 77.6 Å². The molecule has 0 bridgehead atoms. The Kier molecular flexibility index (Phi) is 8.53. The van der Waals surface area contributed by atoms with E-state index < -0.39 is 6.04 Å². The van der Waals surface area contributed by atoms with Gasteiger partial charge in [-0.25, -0.2) is 14.8 Å². The summed E-state index contributed by atoms with van der Waals surface area (Å²) in [5.41, 5.74) is 1.80. The highest BCUT2D eigenvalue weighted by Crippen LogP contribution is 2.33. The van der Waals surface area contributed by atoms with Crippen molar-refractivity contribution < 1.29 is 9.53 Å². The van der Waals surface area contributed by atoms with Gasteiger partial charge in [-0.15, -0.1) is 0 Å². The van der Waals surface area contributed by atoms with Crippen LogP contribution in [0.4, 0.5) is 5.82 Å². The molecule has 0 unspecified atom stereocenters. The van der Waals surface area contributed by atoms with E-state index in [0.29, 0.717) is 22.1 Å². The molecule has 0 radical (unpaired) electrons. The van der Waals surface area contributed by atoms with E-state index in [1.54, 1.807) is 12.4 Å². The van der Waals surface area contributed by atoms with Gasteiger partial charge in [0.25, 0.3) is 0 Å². The molecule has 0 spiro atoms. The van der Waals surface area contributed by atoms with Gasteiger partial charge in [-0.05, 0) is 43.0 Å². The van der Waals surface area contributed by atoms with Gasteiger partial charge in [-0.3, -0.25) is 9.80 Å². The Hall–Kier alpha value is -2.65. The molecule has 2 aliphatic rings. The Morgan fingerprint density at radius 3 is 2.53 bits per heavy atom. The van der Waals surface area contributed by atoms with Gasteiger partial charge in [0.2, 0.25) is 0 Å². The summed E-state index contributed by atoms with van der Waals surface area (Å²) >= 11 is 12.8. The fourth-order valence-electron chi connectivity index (χ4n) is 5.85. The summed E-state index contributed by atoms with van der Waals surface area (Å²) in [5.74, 6) is 1.37. The van der Waals surface area contributed by atoms with Gasteiger partial charge >= 0.3 is 5.97 Å². The molecule has 2 aromatic heterocycles. The van der Waals surface area contributed by atoms with E-state index in [-0.39, 0.29) is 5.97 Å². The fourth-order valence-corrected chi connectivity index (χ4v) is 6.26. The van der Waals surface area contributed by atoms with Crippen LogP contribution in [0.25, 0.3) is 11.4 Å². The number of hydrogen-bond donors (Lipinski definition) is 1. The van der Waals surface area contributed by atoms with Crippen molar-refractivity contribution >= 4 is 35.0 Å². The molecule has 0 saturated carbocycles. The van der Waals surface area contributed by atoms with E-state index in [1.807, 2.05) is 36.5 Å². The molecule has 10 heteroatoms. The molecule has 1 aromatic carbocycles. The number of aromatic amines is 1. The Morgan fingerprint density at radius 1 is 1.13 bits per heavy atom. The Balaban J connectivity index is 1.23. The summed E-state index contributed by atoms with van der Waals surface area (Å²) in [6, 6.07) is 9.92. The van der Waals surface area contributed by atoms with Crippen LogP contribution < -0.4 is 4.90 Å². The van der Waals surface area contributed by atoms with Crippen LogP contribution in [0.2, 0.25) is 10.0 Å². The number of piperidine rings is 1. The summed E-state index contributed by atoms with van der Waals surface area (Å²) in [6.45, 7) is 6.65. The predicted octanol–water partition coefficient (Wildman–Crippen LogP) is 5.06. The van der Waals surface area contributed by atoms with Gasteiger partial charge in [-0.2, -0.15) is 0 Å². The van der Waals surface area contributed by atoms with Gasteiger partial charge in [0, 0.05) is 74.0 Å². The van der Waals surface area contributed by atoms with Crippen molar-refractivity contribution in [1.82, 2.24) is 24.8 Å². The molecule has 0 aliphatic carbocycles. The quantitative estimate of drug-likeness (QED) is 0.407. The van der Waals surface area contributed by atoms with Crippen LogP contribution in [0.5, 0.6) is 0 Å². The molecule has 2 aliphatic heterocycles. The number of esters is 1. The zero-order valence-corrected chi connectivity index (χ0v) is 23.3. The number of rotatable bonds is 7. The van der Waals surface area contributed by atoms with Crippen LogP contribution in [0.1, 0.15) is 37.8 Å². The largest absolute Gasteiger partial charge is 0.468 e. The molecule has 4 heterocycles. The molecule has 0 amide bonds. The highest BCUT2D eigenvalue weighted by atomic mass is 35.5. The van der Waals surface area contributed by atoms with Gasteiger partial charge in [-0.1, -0.05) is 42.3 Å². The number of H-pyrrole nitrogens is 1. The van der Waals surface area contributed by atoms with Crippen molar-refractivity contribution in [2.24, 2.45) is 0 Å². The maximum Gasteiger partial charge on any atom is 0.327 e. The van der Waals surface area contributed by atoms with Crippen LogP contribution in [0, 0.1) is 0 Å². The third kappa shape index (κ3) is 5.69. The van der Waals surface area contributed by atoms with E-state index in [0.717, 1.165) is 74.8 Å². The molecule has 5 rings (SSSR count). The smallest absolute Gasteiger partial charge is 0.327 e. The molecular formula is C28H34Cl2N6O2. The number of ether oxygens (including phenoxy) is 1. The lowest BCUT2D eigenvalue weighted by Gasteiger charge is -2.48. The number of carbonyl (C=O) groups is 1. The minimum atomic E-state index is -0.408. The molecule has 38 heavy (non-hydrogen) atoms. The number of hydrogen-bond acceptors (Lipinski definition) is 7. The van der Waals surface area contributed by atoms with Crippen molar-refractivity contribution in [1.29, 1.82) is 0 Å². The number of halogens is 2. The predicted molar refractivity (Wildman–Crippen MR) is 151 cm³/mol. The number of piperazine rings is 1. The zero-order valence-electron chi connectivity index (χ0n) is 21.8. The van der Waals surface area contributed by atoms with Crippen molar-refractivity contribution in [2.75, 3.05) is 44.7 Å². The van der Waals surface area contributed by atoms with Crippen molar-refractivity contribution in [2.45, 2.75) is 44.3 Å². The van der Waals surface area contributed by atoms with Crippen LogP contribution in [-0.4, -0.2) is 82.6 Å². The van der Waals surface area contributed by atoms with Crippen LogP contribution >= 0.6 is 23.2 Å². The summed E-state index contributed by atoms with van der Waals surface area (Å²) in [7, 11) is 1.45. The van der Waals surface area contributed by atoms with E-state index in [1.165, 1.54) is 7.11 Å². The first-order chi connectivity index (χ1) is 18.5. The average molecular weight is 558 g/mol. The summed E-state index contributed by atoms with van der Waals surface area (Å²) in [4.78, 5) is 32.1. The first kappa shape index (κ1) is 26.9. The maximum absolute atomic E-state index is 12.7. The highest BCUT2D eigenvalue weighted by Gasteiger charge is 2.37. The Labute approximate surface area is 233 Å². The van der Waals surface area contributed by atoms with Crippen molar-refractivity contribution in [3.8, 4) is 11.4 Å². The number of methoxy groups -OCH3 is 1. The maximum atomic E-state index is 12.7. The molecule has 1 N–H and O–H groups in total. The van der Waals surface area contributed by atoms with E-state index in [2.05, 4.69) is 31.6 Å². The monoisotopic (exact) mass is 556 g/mol. The lowest BCUT2D eigenvalue weighted by atomic mass is 9.95. The Morgan fingerprint density at radius 2 is 1.89 bits per heavy atom. The SMILES string of the molecule is CC[C@H]1CN(c2ncc(-c3ncc[nH]3)cc2Cl)CCN1C1CCN([C@@H](C(=O)OC)c2ccc(Cl)cc2)CC1. The highest BCUT2D eigenvalue weighted by molar-refractivity contribution is 6.33. The van der Waals surface area contributed by atoms with E-state index in [9.17, 15) is 4.79 Å². The second kappa shape index (κ2) is 12.0. The summed E-state index contributed by atoms with van der Waals surface area (Å²) < 4.78 is 5.17. The van der Waals surface area contributed by atoms with Crippen LogP contribution in [0.3, 0.4) is 0 Å². The molecule has 3 aromatic rings. The first-order valence-corrected chi connectivity index (χ1v) is 14.0. The molecule has 2 atom stereocenters. The molecule has 202 valence electrons. The minimum absolute atomic E-state index is 0.228. The fraction of sp³-hybridized carbons (Fsp3) is 0.464. The first-order valence-electron chi connectivity index (χ1n) is 13.2. The summed E-state index contributed by atoms with van der Waals surface area (Å²) in [5, 5.41) is 1.30. The number of aromatic nitrogens is 3. The average Bonchev–Trinajstić information content (AvgIpc) is 3.49. The number of anilines is 1. The van der Waals surface area contributed by atoms with Gasteiger partial charge in [0.1, 0.15) is 17.7 Å². The normalized spacial score (nSPS) is 20.4. The van der Waals surface area contributed by atoms with Crippen LogP contribution in [0.15, 0.2) is 48.9 Å². The van der Waals surface area contributed by atoms with Crippen LogP contribution in [-0.2, 0) is 9.53 Å². The van der Waals surface area contributed by atoms with Crippen molar-refractivity contribution in [3.05, 3.63) is 64.5 Å². The number of likely N-dealkylation sites (tertiary alicyclic amines) is 1. The molecule has 8 nitrogen and oxygen atoms in total. The van der Waals surface area contributed by atoms with Gasteiger partial charge < -0.3 is 14.6 Å². The summed E-state index contributed by atoms with van der Waals surface area (Å²) in [6.07, 6.45) is 8.42. The number of nitrogens with one attached hydrogen (secondary N) is 1. The third-order valence-corrected chi connectivity index (χ3v) is 8.37. The van der Waals surface area contributed by atoms with Gasteiger partial charge in [0.05, 0.1) is 12.1 Å². The van der Waals surface area contributed by atoms with E-state index in [4.69, 9.17) is 32.9 Å². The number of imidazole rings is 1. The minimum Gasteiger partial charge on any atom is -0.468 e. The lowest BCUT2D eigenvalue weighted by Crippen LogP contribution is -2.58. The number of pyridine rings is 1. The lowest BCUT2D eigenvalue weighted by molar-refractivity contribution is -0.148. The standard InChI is InChI=1S/C28H34Cl2N6O2/c1-3-22-18-35(27-24(30)16-20(17-33-27)26-31-10-11-32-26)14-15-36(22)23-8-12-34(13-9-23)25(28(37)38-2)19-4-6-21(29)7-5-19/h4-7,10-11,16-17,22-23,25H,3,8-9,12-15,18H2,1-2H3,(H,31,32)/t22-,25+/m0/s1. The third-order valence-electron chi connectivity index (χ3n) is 7.84. The number of nitrogens with zero attached hydrogens (tertiary/aromatic N) is 5. The number of benzene rings is 1. The van der Waals surface area contributed by atoms with Gasteiger partial charge in [0.15, 0.2) is 0 Å².